The summed E-state index contributed by atoms with van der Waals surface area (Å²) < 4.78 is 31.5. The first-order chi connectivity index (χ1) is 7.34. The Morgan fingerprint density at radius 1 is 1.44 bits per heavy atom. The molecule has 0 aromatic heterocycles. The Kier molecular flexibility index (Phi) is 7.19. The molecule has 0 saturated heterocycles. The van der Waals surface area contributed by atoms with Crippen LogP contribution < -0.4 is 0 Å². The topological polar surface area (TPSA) is 54.4 Å². The van der Waals surface area contributed by atoms with E-state index < -0.39 is 10.1 Å². The van der Waals surface area contributed by atoms with Crippen LogP contribution in [0, 0.1) is 13.8 Å². The Labute approximate surface area is 115 Å². The van der Waals surface area contributed by atoms with Crippen molar-refractivity contribution in [2.24, 2.45) is 0 Å². The molecule has 0 aliphatic carbocycles. The Morgan fingerprint density at radius 3 is 2.25 bits per heavy atom. The summed E-state index contributed by atoms with van der Waals surface area (Å²) in [7, 11) is -4.06. The van der Waals surface area contributed by atoms with Crippen molar-refractivity contribution in [3.63, 3.8) is 0 Å². The molecular weight excluding hydrogens is 235 g/mol. The van der Waals surface area contributed by atoms with Crippen molar-refractivity contribution in [3.8, 4) is 0 Å². The standard InChI is InChI=1S/C8H10O3S.C3H5.Na/c1-6-4-3-5-8(7(6)2)12(9,10)11;1-3-2;/h3-5H,1-2H3,(H,9,10,11);3H,1-2H2;. The van der Waals surface area contributed by atoms with E-state index in [9.17, 15) is 8.42 Å². The van der Waals surface area contributed by atoms with E-state index >= 15 is 0 Å². The van der Waals surface area contributed by atoms with Crippen molar-refractivity contribution >= 4 is 38.0 Å². The molecule has 0 atom stereocenters. The van der Waals surface area contributed by atoms with Crippen molar-refractivity contribution in [1.82, 2.24) is 0 Å². The van der Waals surface area contributed by atoms with E-state index in [4.69, 9.17) is 4.55 Å². The molecule has 0 saturated carbocycles. The summed E-state index contributed by atoms with van der Waals surface area (Å²) in [5, 5.41) is 0. The molecule has 0 radical (unpaired) electrons. The van der Waals surface area contributed by atoms with Crippen molar-refractivity contribution in [2.75, 3.05) is 0 Å². The summed E-state index contributed by atoms with van der Waals surface area (Å²) in [4.78, 5) is -0.0116. The molecule has 84 valence electrons. The summed E-state index contributed by atoms with van der Waals surface area (Å²) in [6.07, 6.45) is 1.94. The van der Waals surface area contributed by atoms with Crippen LogP contribution in [0.3, 0.4) is 0 Å². The molecule has 3 nitrogen and oxygen atoms in total. The zero-order valence-corrected chi connectivity index (χ0v) is 12.7. The molecule has 0 unspecified atom stereocenters. The van der Waals surface area contributed by atoms with Crippen molar-refractivity contribution in [3.05, 3.63) is 42.0 Å². The second kappa shape index (κ2) is 7.25. The number of rotatable bonds is 2. The predicted molar refractivity (Wildman–Crippen MR) is 66.5 cm³/mol. The fraction of sp³-hybridized carbons (Fsp3) is 0.273. The number of allylic oxidation sites excluding steroid dienone is 1. The van der Waals surface area contributed by atoms with Gasteiger partial charge in [0.1, 0.15) is 0 Å². The maximum Gasteiger partial charge on any atom is 0.294 e. The van der Waals surface area contributed by atoms with Gasteiger partial charge in [0.05, 0.1) is 4.90 Å². The zero-order chi connectivity index (χ0) is 12.8. The number of hydrogen-bond acceptors (Lipinski definition) is 2. The van der Waals surface area contributed by atoms with E-state index in [0.29, 0.717) is 5.56 Å². The number of aryl methyl sites for hydroxylation is 1. The van der Waals surface area contributed by atoms with Gasteiger partial charge in [-0.1, -0.05) is 12.1 Å². The van der Waals surface area contributed by atoms with Crippen LogP contribution in [0.4, 0.5) is 0 Å². The Hall–Kier alpha value is -0.130. The summed E-state index contributed by atoms with van der Waals surface area (Å²) in [5.41, 5.74) is 1.45. The van der Waals surface area contributed by atoms with Gasteiger partial charge >= 0.3 is 44.3 Å². The quantitative estimate of drug-likeness (QED) is 0.498. The second-order valence-electron chi connectivity index (χ2n) is 3.37. The molecule has 0 spiro atoms. The normalized spacial score (nSPS) is 10.3. The van der Waals surface area contributed by atoms with Crippen molar-refractivity contribution in [2.45, 2.75) is 22.4 Å². The molecule has 0 bridgehead atoms. The first-order valence-corrected chi connectivity index (χ1v) is 7.84. The molecule has 0 heterocycles. The van der Waals surface area contributed by atoms with Gasteiger partial charge in [-0.05, 0) is 31.0 Å². The Morgan fingerprint density at radius 2 is 1.94 bits per heavy atom. The van der Waals surface area contributed by atoms with E-state index in [0.717, 1.165) is 5.56 Å². The molecule has 5 heteroatoms. The van der Waals surface area contributed by atoms with Crippen LogP contribution in [-0.2, 0) is 10.1 Å². The fourth-order valence-corrected chi connectivity index (χ4v) is 1.80. The predicted octanol–water partition coefficient (Wildman–Crippen LogP) is 2.31. The van der Waals surface area contributed by atoms with Gasteiger partial charge in [-0.15, -0.1) is 0 Å². The van der Waals surface area contributed by atoms with Crippen molar-refractivity contribution < 1.29 is 13.0 Å². The summed E-state index contributed by atoms with van der Waals surface area (Å²) in [6, 6.07) is 4.78. The van der Waals surface area contributed by atoms with E-state index in [-0.39, 0.29) is 4.90 Å². The van der Waals surface area contributed by atoms with Gasteiger partial charge in [-0.3, -0.25) is 4.55 Å². The first kappa shape index (κ1) is 15.9. The van der Waals surface area contributed by atoms with Gasteiger partial charge in [-0.2, -0.15) is 8.42 Å². The molecule has 1 aromatic carbocycles. The molecular formula is C11H15NaO3S. The summed E-state index contributed by atoms with van der Waals surface area (Å²) >= 11 is 1.27. The minimum absolute atomic E-state index is 0.0116. The van der Waals surface area contributed by atoms with Crippen LogP contribution >= 0.6 is 0 Å². The van der Waals surface area contributed by atoms with Crippen LogP contribution in [0.25, 0.3) is 0 Å². The van der Waals surface area contributed by atoms with Crippen LogP contribution in [0.2, 0.25) is 3.67 Å². The van der Waals surface area contributed by atoms with E-state index in [2.05, 4.69) is 6.58 Å². The Balaban J connectivity index is 0.000000487. The molecule has 0 aliphatic heterocycles. The Bertz CT molecular complexity index is 452. The van der Waals surface area contributed by atoms with Gasteiger partial charge in [0.15, 0.2) is 0 Å². The van der Waals surface area contributed by atoms with Gasteiger partial charge in [0.2, 0.25) is 0 Å². The zero-order valence-electron chi connectivity index (χ0n) is 9.90. The molecule has 1 rings (SSSR count). The minimum Gasteiger partial charge on any atom is -0.282 e. The van der Waals surface area contributed by atoms with E-state index in [1.54, 1.807) is 26.0 Å². The largest absolute Gasteiger partial charge is 0.294 e. The molecule has 1 aromatic rings. The van der Waals surface area contributed by atoms with E-state index in [1.807, 2.05) is 6.08 Å². The van der Waals surface area contributed by atoms with Crippen LogP contribution in [0.1, 0.15) is 11.1 Å². The van der Waals surface area contributed by atoms with Gasteiger partial charge in [0, 0.05) is 0 Å². The SMILES string of the molecule is C=C[CH2][Na].Cc1cccc(S(=O)(=O)O)c1C. The molecule has 16 heavy (non-hydrogen) atoms. The number of hydrogen-bond donors (Lipinski definition) is 1. The number of benzene rings is 1. The monoisotopic (exact) mass is 250 g/mol. The minimum atomic E-state index is -4.06. The maximum atomic E-state index is 10.8. The summed E-state index contributed by atoms with van der Waals surface area (Å²) in [5.74, 6) is 0. The van der Waals surface area contributed by atoms with Gasteiger partial charge in [-0.25, -0.2) is 0 Å². The first-order valence-electron chi connectivity index (χ1n) is 4.99. The summed E-state index contributed by atoms with van der Waals surface area (Å²) in [6.45, 7) is 6.97. The van der Waals surface area contributed by atoms with Crippen LogP contribution in [-0.4, -0.2) is 40.9 Å². The molecule has 0 aliphatic rings. The smallest absolute Gasteiger partial charge is 0.282 e. The average Bonchev–Trinajstić information content (AvgIpc) is 2.21. The second-order valence-corrected chi connectivity index (χ2v) is 5.58. The third kappa shape index (κ3) is 5.27. The van der Waals surface area contributed by atoms with Crippen LogP contribution in [0.5, 0.6) is 0 Å². The maximum absolute atomic E-state index is 10.8. The fourth-order valence-electron chi connectivity index (χ4n) is 1.00. The van der Waals surface area contributed by atoms with Crippen LogP contribution in [0.15, 0.2) is 35.7 Å². The van der Waals surface area contributed by atoms with Gasteiger partial charge in [0.25, 0.3) is 10.1 Å². The molecule has 0 fully saturated rings. The van der Waals surface area contributed by atoms with Gasteiger partial charge < -0.3 is 0 Å². The third-order valence-electron chi connectivity index (χ3n) is 2.12. The molecule has 0 amide bonds. The third-order valence-corrected chi connectivity index (χ3v) is 3.70. The molecule has 1 N–H and O–H groups in total. The average molecular weight is 250 g/mol. The van der Waals surface area contributed by atoms with Crippen molar-refractivity contribution in [1.29, 1.82) is 0 Å². The van der Waals surface area contributed by atoms with E-state index in [1.165, 1.54) is 37.7 Å².